The lowest BCUT2D eigenvalue weighted by atomic mass is 9.88. The van der Waals surface area contributed by atoms with E-state index in [0.29, 0.717) is 6.04 Å². The van der Waals surface area contributed by atoms with Crippen LogP contribution in [0.15, 0.2) is 18.2 Å². The fourth-order valence-corrected chi connectivity index (χ4v) is 2.95. The maximum Gasteiger partial charge on any atom is 0.130 e. The molecule has 0 fully saturated rings. The van der Waals surface area contributed by atoms with Crippen LogP contribution in [0.5, 0.6) is 0 Å². The summed E-state index contributed by atoms with van der Waals surface area (Å²) in [7, 11) is 0. The maximum absolute atomic E-state index is 10.4. The second kappa shape index (κ2) is 5.85. The molecule has 0 spiro atoms. The predicted molar refractivity (Wildman–Crippen MR) is 74.6 cm³/mol. The van der Waals surface area contributed by atoms with Gasteiger partial charge >= 0.3 is 0 Å². The van der Waals surface area contributed by atoms with Crippen molar-refractivity contribution in [3.8, 4) is 0 Å². The van der Waals surface area contributed by atoms with Gasteiger partial charge in [0.05, 0.1) is 6.04 Å². The summed E-state index contributed by atoms with van der Waals surface area (Å²) in [6, 6.07) is 7.29. The fraction of sp³-hybridized carbons (Fsp3) is 0.625. The van der Waals surface area contributed by atoms with Gasteiger partial charge in [0.2, 0.25) is 0 Å². The van der Waals surface area contributed by atoms with Crippen molar-refractivity contribution in [2.24, 2.45) is 0 Å². The summed E-state index contributed by atoms with van der Waals surface area (Å²) in [5.74, 6) is 0. The van der Waals surface area contributed by atoms with E-state index in [1.807, 2.05) is 0 Å². The van der Waals surface area contributed by atoms with Gasteiger partial charge in [0, 0.05) is 0 Å². The van der Waals surface area contributed by atoms with Gasteiger partial charge < -0.3 is 10.4 Å². The molecular weight excluding hydrogens is 222 g/mol. The van der Waals surface area contributed by atoms with Crippen molar-refractivity contribution in [3.63, 3.8) is 0 Å². The second-order valence-electron chi connectivity index (χ2n) is 5.98. The zero-order valence-electron chi connectivity index (χ0n) is 11.8. The van der Waals surface area contributed by atoms with E-state index in [2.05, 4.69) is 44.3 Å². The number of quaternary nitrogens is 1. The number of aliphatic hydroxyl groups excluding tert-OH is 1. The molecule has 100 valence electrons. The van der Waals surface area contributed by atoms with Crippen molar-refractivity contribution in [1.29, 1.82) is 0 Å². The van der Waals surface area contributed by atoms with Crippen LogP contribution in [0.3, 0.4) is 0 Å². The summed E-state index contributed by atoms with van der Waals surface area (Å²) in [6.45, 7) is 6.43. The van der Waals surface area contributed by atoms with Crippen LogP contribution in [0.2, 0.25) is 0 Å². The fourth-order valence-electron chi connectivity index (χ4n) is 2.95. The summed E-state index contributed by atoms with van der Waals surface area (Å²) in [5.41, 5.74) is 4.02. The van der Waals surface area contributed by atoms with E-state index < -0.39 is 0 Å². The van der Waals surface area contributed by atoms with Crippen LogP contribution in [0, 0.1) is 0 Å². The molecule has 2 rings (SSSR count). The molecule has 0 aliphatic heterocycles. The molecule has 0 saturated heterocycles. The first kappa shape index (κ1) is 13.6. The van der Waals surface area contributed by atoms with E-state index in [9.17, 15) is 5.11 Å². The van der Waals surface area contributed by atoms with Crippen LogP contribution in [-0.2, 0) is 12.8 Å². The van der Waals surface area contributed by atoms with E-state index in [1.54, 1.807) is 0 Å². The molecule has 1 aliphatic rings. The van der Waals surface area contributed by atoms with Crippen LogP contribution >= 0.6 is 0 Å². The molecule has 1 aromatic carbocycles. The summed E-state index contributed by atoms with van der Waals surface area (Å²) in [6.07, 6.45) is 4.63. The van der Waals surface area contributed by atoms with Gasteiger partial charge in [-0.1, -0.05) is 18.2 Å². The minimum Gasteiger partial charge on any atom is -0.382 e. The summed E-state index contributed by atoms with van der Waals surface area (Å²) in [4.78, 5) is 0. The van der Waals surface area contributed by atoms with Gasteiger partial charge in [-0.15, -0.1) is 0 Å². The number of aryl methyl sites for hydroxylation is 2. The number of fused-ring (bicyclic) bond motifs is 1. The summed E-state index contributed by atoms with van der Waals surface area (Å²) in [5, 5.41) is 12.6. The van der Waals surface area contributed by atoms with Crippen LogP contribution in [0.1, 0.15) is 56.4 Å². The van der Waals surface area contributed by atoms with Crippen molar-refractivity contribution in [1.82, 2.24) is 0 Å². The predicted octanol–water partition coefficient (Wildman–Crippen LogP) is 1.96. The van der Waals surface area contributed by atoms with E-state index in [1.165, 1.54) is 36.8 Å². The van der Waals surface area contributed by atoms with Crippen molar-refractivity contribution in [2.75, 3.05) is 0 Å². The van der Waals surface area contributed by atoms with Crippen molar-refractivity contribution >= 4 is 0 Å². The third-order valence-corrected chi connectivity index (χ3v) is 3.90. The second-order valence-corrected chi connectivity index (χ2v) is 5.98. The summed E-state index contributed by atoms with van der Waals surface area (Å²) >= 11 is 0. The molecule has 0 saturated carbocycles. The lowest BCUT2D eigenvalue weighted by molar-refractivity contribution is -0.720. The molecule has 2 heteroatoms. The highest BCUT2D eigenvalue weighted by Gasteiger charge is 2.21. The number of hydrogen-bond donors (Lipinski definition) is 2. The van der Waals surface area contributed by atoms with E-state index in [0.717, 1.165) is 5.56 Å². The molecule has 1 aromatic rings. The van der Waals surface area contributed by atoms with E-state index >= 15 is 0 Å². The molecule has 2 nitrogen and oxygen atoms in total. The first-order valence-corrected chi connectivity index (χ1v) is 7.22. The summed E-state index contributed by atoms with van der Waals surface area (Å²) < 4.78 is 0. The van der Waals surface area contributed by atoms with Crippen LogP contribution < -0.4 is 5.32 Å². The van der Waals surface area contributed by atoms with Gasteiger partial charge in [-0.25, -0.2) is 0 Å². The normalized spacial score (nSPS) is 18.5. The Kier molecular flexibility index (Phi) is 4.41. The highest BCUT2D eigenvalue weighted by atomic mass is 16.3. The van der Waals surface area contributed by atoms with Crippen LogP contribution in [0.4, 0.5) is 0 Å². The lowest BCUT2D eigenvalue weighted by Crippen LogP contribution is -2.94. The molecular formula is C16H26NO+. The van der Waals surface area contributed by atoms with Gasteiger partial charge in [0.15, 0.2) is 0 Å². The monoisotopic (exact) mass is 248 g/mol. The third kappa shape index (κ3) is 3.12. The van der Waals surface area contributed by atoms with Crippen LogP contribution in [-0.4, -0.2) is 17.2 Å². The Morgan fingerprint density at radius 1 is 1.06 bits per heavy atom. The quantitative estimate of drug-likeness (QED) is 0.839. The Balaban J connectivity index is 2.12. The topological polar surface area (TPSA) is 36.8 Å². The SMILES string of the molecule is CC(C)[NH2+][C@H](C)[C@H](O)c1ccc2c(c1)CCCC2. The highest BCUT2D eigenvalue weighted by Crippen LogP contribution is 2.25. The molecule has 0 radical (unpaired) electrons. The Hall–Kier alpha value is -0.860. The number of rotatable bonds is 4. The zero-order valence-corrected chi connectivity index (χ0v) is 11.8. The Labute approximate surface area is 110 Å². The molecule has 0 bridgehead atoms. The Bertz CT molecular complexity index is 400. The molecule has 1 aliphatic carbocycles. The lowest BCUT2D eigenvalue weighted by Gasteiger charge is -2.22. The molecule has 18 heavy (non-hydrogen) atoms. The average Bonchev–Trinajstić information content (AvgIpc) is 2.36. The molecule has 0 unspecified atom stereocenters. The first-order chi connectivity index (χ1) is 8.58. The van der Waals surface area contributed by atoms with Crippen LogP contribution in [0.25, 0.3) is 0 Å². The largest absolute Gasteiger partial charge is 0.382 e. The van der Waals surface area contributed by atoms with E-state index in [-0.39, 0.29) is 12.1 Å². The van der Waals surface area contributed by atoms with Gasteiger partial charge in [0.25, 0.3) is 0 Å². The zero-order chi connectivity index (χ0) is 13.1. The third-order valence-electron chi connectivity index (χ3n) is 3.90. The first-order valence-electron chi connectivity index (χ1n) is 7.22. The molecule has 0 aromatic heterocycles. The maximum atomic E-state index is 10.4. The molecule has 0 heterocycles. The van der Waals surface area contributed by atoms with Gasteiger partial charge in [-0.05, 0) is 63.1 Å². The molecule has 2 atom stereocenters. The van der Waals surface area contributed by atoms with E-state index in [4.69, 9.17) is 0 Å². The van der Waals surface area contributed by atoms with Crippen molar-refractivity contribution < 1.29 is 10.4 Å². The standard InChI is InChI=1S/C16H25NO/c1-11(2)17-12(3)16(18)15-9-8-13-6-4-5-7-14(13)10-15/h8-12,16-18H,4-7H2,1-3H3/p+1/t12-,16+/m1/s1. The number of aliphatic hydroxyl groups is 1. The molecule has 0 amide bonds. The van der Waals surface area contributed by atoms with Gasteiger partial charge in [-0.3, -0.25) is 0 Å². The minimum atomic E-state index is -0.361. The van der Waals surface area contributed by atoms with Gasteiger partial charge in [-0.2, -0.15) is 0 Å². The van der Waals surface area contributed by atoms with Crippen molar-refractivity contribution in [2.45, 2.75) is 64.6 Å². The Morgan fingerprint density at radius 3 is 2.39 bits per heavy atom. The minimum absolute atomic E-state index is 0.214. The number of nitrogens with two attached hydrogens (primary N) is 1. The highest BCUT2D eigenvalue weighted by molar-refractivity contribution is 5.35. The molecule has 3 N–H and O–H groups in total. The van der Waals surface area contributed by atoms with Gasteiger partial charge in [0.1, 0.15) is 12.1 Å². The smallest absolute Gasteiger partial charge is 0.130 e. The van der Waals surface area contributed by atoms with Crippen molar-refractivity contribution in [3.05, 3.63) is 34.9 Å². The number of hydrogen-bond acceptors (Lipinski definition) is 1. The average molecular weight is 248 g/mol. The Morgan fingerprint density at radius 2 is 1.72 bits per heavy atom. The number of benzene rings is 1.